The fourth-order valence-corrected chi connectivity index (χ4v) is 4.71. The van der Waals surface area contributed by atoms with E-state index >= 15 is 0 Å². The molecule has 0 bridgehead atoms. The largest absolute Gasteiger partial charge is 0.497 e. The molecule has 1 unspecified atom stereocenters. The number of carbonyl (C=O) groups excluding carboxylic acids is 2. The molecule has 10 heteroatoms. The number of thiazole rings is 1. The van der Waals surface area contributed by atoms with Crippen LogP contribution in [0.2, 0.25) is 0 Å². The topological polar surface area (TPSA) is 115 Å². The third-order valence-electron chi connectivity index (χ3n) is 5.82. The van der Waals surface area contributed by atoms with Gasteiger partial charge in [-0.3, -0.25) is 10.1 Å². The molecule has 2 aromatic heterocycles. The van der Waals surface area contributed by atoms with Crippen LogP contribution in [-0.2, 0) is 9.53 Å². The summed E-state index contributed by atoms with van der Waals surface area (Å²) in [4.78, 5) is 38.0. The van der Waals surface area contributed by atoms with E-state index in [9.17, 15) is 9.59 Å². The van der Waals surface area contributed by atoms with Gasteiger partial charge < -0.3 is 19.2 Å². The lowest BCUT2D eigenvalue weighted by molar-refractivity contribution is -0.124. The summed E-state index contributed by atoms with van der Waals surface area (Å²) in [6.07, 6.45) is -0.661. The van der Waals surface area contributed by atoms with Crippen LogP contribution in [-0.4, -0.2) is 47.2 Å². The Morgan fingerprint density at radius 2 is 1.68 bits per heavy atom. The number of nitrogens with zero attached hydrogens (tertiary/aromatic N) is 2. The van der Waals surface area contributed by atoms with Crippen molar-refractivity contribution in [3.63, 3.8) is 0 Å². The highest BCUT2D eigenvalue weighted by Crippen LogP contribution is 2.29. The van der Waals surface area contributed by atoms with Crippen molar-refractivity contribution in [2.75, 3.05) is 19.5 Å². The van der Waals surface area contributed by atoms with Gasteiger partial charge in [0, 0.05) is 5.56 Å². The van der Waals surface area contributed by atoms with Gasteiger partial charge in [-0.1, -0.05) is 18.3 Å². The Kier molecular flexibility index (Phi) is 6.74. The first-order valence-electron chi connectivity index (χ1n) is 11.6. The van der Waals surface area contributed by atoms with Crippen molar-refractivity contribution < 1.29 is 23.8 Å². The Bertz CT molecular complexity index is 1590. The summed E-state index contributed by atoms with van der Waals surface area (Å²) < 4.78 is 16.9. The van der Waals surface area contributed by atoms with Crippen molar-refractivity contribution in [3.05, 3.63) is 66.2 Å². The third-order valence-corrected chi connectivity index (χ3v) is 6.75. The van der Waals surface area contributed by atoms with E-state index in [1.807, 2.05) is 36.4 Å². The van der Waals surface area contributed by atoms with E-state index in [0.717, 1.165) is 21.5 Å². The Balaban J connectivity index is 1.29. The van der Waals surface area contributed by atoms with Crippen molar-refractivity contribution in [1.29, 1.82) is 0 Å². The van der Waals surface area contributed by atoms with Crippen LogP contribution in [0.5, 0.6) is 11.5 Å². The summed E-state index contributed by atoms with van der Waals surface area (Å²) in [5.41, 5.74) is 3.34. The van der Waals surface area contributed by atoms with E-state index < -0.39 is 18.0 Å². The molecule has 5 aromatic rings. The quantitative estimate of drug-likeness (QED) is 0.264. The fourth-order valence-electron chi connectivity index (χ4n) is 3.81. The number of carbonyl (C=O) groups is 2. The first kappa shape index (κ1) is 24.3. The number of anilines is 1. The normalized spacial score (nSPS) is 11.9. The molecule has 5 rings (SSSR count). The lowest BCUT2D eigenvalue weighted by Gasteiger charge is -2.15. The van der Waals surface area contributed by atoms with Crippen molar-refractivity contribution in [2.24, 2.45) is 0 Å². The van der Waals surface area contributed by atoms with Crippen molar-refractivity contribution in [1.82, 2.24) is 15.0 Å². The maximum absolute atomic E-state index is 12.9. The molecule has 0 saturated heterocycles. The number of rotatable bonds is 8. The second-order valence-corrected chi connectivity index (χ2v) is 9.22. The highest BCUT2D eigenvalue weighted by molar-refractivity contribution is 7.22. The van der Waals surface area contributed by atoms with E-state index in [1.165, 1.54) is 11.3 Å². The molecule has 9 nitrogen and oxygen atoms in total. The molecule has 0 radical (unpaired) electrons. The molecule has 1 atom stereocenters. The maximum atomic E-state index is 12.9. The molecule has 1 amide bonds. The molecule has 0 saturated carbocycles. The summed E-state index contributed by atoms with van der Waals surface area (Å²) in [5.74, 6) is 1.09. The molecular formula is C27H24N4O5S. The van der Waals surface area contributed by atoms with Gasteiger partial charge in [-0.25, -0.2) is 14.8 Å². The molecule has 0 aliphatic heterocycles. The number of amides is 1. The summed E-state index contributed by atoms with van der Waals surface area (Å²) in [6, 6.07) is 18.0. The van der Waals surface area contributed by atoms with Crippen LogP contribution in [0.25, 0.3) is 32.6 Å². The molecule has 2 heterocycles. The van der Waals surface area contributed by atoms with Gasteiger partial charge in [0.15, 0.2) is 11.2 Å². The van der Waals surface area contributed by atoms with Crippen LogP contribution in [0.4, 0.5) is 5.13 Å². The van der Waals surface area contributed by atoms with E-state index in [4.69, 9.17) is 14.2 Å². The zero-order valence-electron chi connectivity index (χ0n) is 20.4. The summed E-state index contributed by atoms with van der Waals surface area (Å²) >= 11 is 1.32. The number of hydrogen-bond acceptors (Lipinski definition) is 8. The maximum Gasteiger partial charge on any atom is 0.338 e. The second kappa shape index (κ2) is 10.3. The molecule has 0 spiro atoms. The summed E-state index contributed by atoms with van der Waals surface area (Å²) in [6.45, 7) is 1.78. The Morgan fingerprint density at radius 1 is 0.946 bits per heavy atom. The van der Waals surface area contributed by atoms with Gasteiger partial charge in [0.2, 0.25) is 0 Å². The van der Waals surface area contributed by atoms with Gasteiger partial charge in [0.25, 0.3) is 5.91 Å². The van der Waals surface area contributed by atoms with Gasteiger partial charge in [-0.15, -0.1) is 0 Å². The van der Waals surface area contributed by atoms with Gasteiger partial charge in [0.1, 0.15) is 17.3 Å². The van der Waals surface area contributed by atoms with E-state index in [0.29, 0.717) is 39.7 Å². The second-order valence-electron chi connectivity index (χ2n) is 8.19. The van der Waals surface area contributed by atoms with E-state index in [-0.39, 0.29) is 0 Å². The Labute approximate surface area is 216 Å². The highest BCUT2D eigenvalue weighted by Gasteiger charge is 2.23. The molecule has 3 aromatic carbocycles. The SMILES string of the molecule is CCC(OC(=O)c1ccc2nc(-c3ccc(OC)cc3)[nH]c2c1)C(=O)Nc1nc2ccc(OC)cc2s1. The predicted molar refractivity (Wildman–Crippen MR) is 142 cm³/mol. The number of aromatic amines is 1. The number of H-pyrrole nitrogens is 1. The number of imidazole rings is 1. The highest BCUT2D eigenvalue weighted by atomic mass is 32.1. The van der Waals surface area contributed by atoms with E-state index in [2.05, 4.69) is 20.3 Å². The van der Waals surface area contributed by atoms with Gasteiger partial charge in [0.05, 0.1) is 41.0 Å². The molecule has 2 N–H and O–H groups in total. The number of methoxy groups -OCH3 is 2. The first-order chi connectivity index (χ1) is 18.0. The van der Waals surface area contributed by atoms with Gasteiger partial charge >= 0.3 is 5.97 Å². The molecule has 37 heavy (non-hydrogen) atoms. The van der Waals surface area contributed by atoms with Crippen LogP contribution >= 0.6 is 11.3 Å². The van der Waals surface area contributed by atoms with Crippen LogP contribution in [0.1, 0.15) is 23.7 Å². The third kappa shape index (κ3) is 5.10. The lowest BCUT2D eigenvalue weighted by Crippen LogP contribution is -2.32. The van der Waals surface area contributed by atoms with Crippen LogP contribution in [0.15, 0.2) is 60.7 Å². The minimum atomic E-state index is -0.971. The average molecular weight is 517 g/mol. The number of ether oxygens (including phenoxy) is 3. The fraction of sp³-hybridized carbons (Fsp3) is 0.185. The first-order valence-corrected chi connectivity index (χ1v) is 12.4. The van der Waals surface area contributed by atoms with Crippen LogP contribution < -0.4 is 14.8 Å². The molecule has 188 valence electrons. The molecular weight excluding hydrogens is 492 g/mol. The summed E-state index contributed by atoms with van der Waals surface area (Å²) in [5, 5.41) is 3.19. The smallest absolute Gasteiger partial charge is 0.338 e. The lowest BCUT2D eigenvalue weighted by atomic mass is 10.2. The van der Waals surface area contributed by atoms with Gasteiger partial charge in [-0.2, -0.15) is 0 Å². The average Bonchev–Trinajstić information content (AvgIpc) is 3.54. The predicted octanol–water partition coefficient (Wildman–Crippen LogP) is 5.43. The van der Waals surface area contributed by atoms with Crippen molar-refractivity contribution in [3.8, 4) is 22.9 Å². The number of aromatic nitrogens is 3. The minimum Gasteiger partial charge on any atom is -0.497 e. The number of fused-ring (bicyclic) bond motifs is 2. The minimum absolute atomic E-state index is 0.310. The van der Waals surface area contributed by atoms with Crippen molar-refractivity contribution >= 4 is 49.6 Å². The zero-order valence-corrected chi connectivity index (χ0v) is 21.2. The number of benzene rings is 3. The van der Waals surface area contributed by atoms with Crippen molar-refractivity contribution in [2.45, 2.75) is 19.4 Å². The Hall–Kier alpha value is -4.44. The van der Waals surface area contributed by atoms with Crippen LogP contribution in [0, 0.1) is 0 Å². The standard InChI is InChI=1S/C27H24N4O5S/c1-4-22(25(32)31-27-30-20-12-10-18(35-3)14-23(20)37-27)36-26(33)16-7-11-19-21(13-16)29-24(28-19)15-5-8-17(34-2)9-6-15/h5-14,22H,4H2,1-3H3,(H,28,29)(H,30,31,32). The monoisotopic (exact) mass is 516 g/mol. The number of esters is 1. The number of hydrogen-bond donors (Lipinski definition) is 2. The molecule has 0 fully saturated rings. The molecule has 0 aliphatic carbocycles. The molecule has 0 aliphatic rings. The van der Waals surface area contributed by atoms with E-state index in [1.54, 1.807) is 45.4 Å². The summed E-state index contributed by atoms with van der Waals surface area (Å²) in [7, 11) is 3.21. The zero-order chi connectivity index (χ0) is 25.9. The number of nitrogens with one attached hydrogen (secondary N) is 2. The van der Waals surface area contributed by atoms with Crippen LogP contribution in [0.3, 0.4) is 0 Å². The van der Waals surface area contributed by atoms with Gasteiger partial charge in [-0.05, 0) is 67.1 Å². The Morgan fingerprint density at radius 3 is 2.41 bits per heavy atom.